The Morgan fingerprint density at radius 3 is 2.44 bits per heavy atom. The van der Waals surface area contributed by atoms with Crippen molar-refractivity contribution in [3.05, 3.63) is 27.3 Å². The van der Waals surface area contributed by atoms with Crippen molar-refractivity contribution in [3.63, 3.8) is 0 Å². The molecule has 16 heavy (non-hydrogen) atoms. The van der Waals surface area contributed by atoms with Crippen molar-refractivity contribution in [1.29, 1.82) is 0 Å². The van der Waals surface area contributed by atoms with E-state index in [2.05, 4.69) is 22.6 Å². The zero-order chi connectivity index (χ0) is 12.3. The van der Waals surface area contributed by atoms with Crippen LogP contribution >= 0.6 is 22.6 Å². The molecule has 1 rings (SSSR count). The molecule has 0 aliphatic carbocycles. The number of hydrogen-bond acceptors (Lipinski definition) is 3. The Bertz CT molecular complexity index is 394. The van der Waals surface area contributed by atoms with Gasteiger partial charge < -0.3 is 9.47 Å². The number of rotatable bonds is 2. The van der Waals surface area contributed by atoms with Crippen molar-refractivity contribution in [3.8, 4) is 5.75 Å². The molecule has 0 aromatic heterocycles. The smallest absolute Gasteiger partial charge is 0.342 e. The van der Waals surface area contributed by atoms with E-state index in [9.17, 15) is 4.79 Å². The first-order valence-corrected chi connectivity index (χ1v) is 5.99. The van der Waals surface area contributed by atoms with E-state index >= 15 is 0 Å². The Morgan fingerprint density at radius 1 is 1.31 bits per heavy atom. The van der Waals surface area contributed by atoms with Crippen LogP contribution in [-0.2, 0) is 4.74 Å². The summed E-state index contributed by atoms with van der Waals surface area (Å²) in [5.74, 6) is 0.209. The minimum absolute atomic E-state index is 0.358. The van der Waals surface area contributed by atoms with Crippen LogP contribution in [0.15, 0.2) is 18.2 Å². The number of ether oxygens (including phenoxy) is 2. The minimum atomic E-state index is -0.497. The van der Waals surface area contributed by atoms with Crippen molar-refractivity contribution in [2.24, 2.45) is 0 Å². The fourth-order valence-electron chi connectivity index (χ4n) is 1.21. The topological polar surface area (TPSA) is 35.5 Å². The van der Waals surface area contributed by atoms with E-state index < -0.39 is 5.60 Å². The second-order valence-corrected chi connectivity index (χ2v) is 5.48. The van der Waals surface area contributed by atoms with Gasteiger partial charge in [0.25, 0.3) is 0 Å². The highest BCUT2D eigenvalue weighted by Crippen LogP contribution is 2.27. The zero-order valence-electron chi connectivity index (χ0n) is 9.83. The predicted octanol–water partition coefficient (Wildman–Crippen LogP) is 3.26. The Morgan fingerprint density at radius 2 is 1.94 bits per heavy atom. The molecule has 88 valence electrons. The van der Waals surface area contributed by atoms with E-state index in [1.807, 2.05) is 32.9 Å². The highest BCUT2D eigenvalue weighted by atomic mass is 127. The van der Waals surface area contributed by atoms with E-state index in [1.165, 1.54) is 0 Å². The number of esters is 1. The summed E-state index contributed by atoms with van der Waals surface area (Å²) in [6, 6.07) is 5.39. The van der Waals surface area contributed by atoms with Crippen LogP contribution in [0.4, 0.5) is 0 Å². The van der Waals surface area contributed by atoms with Crippen LogP contribution in [0, 0.1) is 3.57 Å². The van der Waals surface area contributed by atoms with Gasteiger partial charge in [0.2, 0.25) is 0 Å². The summed E-state index contributed by atoms with van der Waals surface area (Å²) >= 11 is 2.12. The molecule has 0 atom stereocenters. The van der Waals surface area contributed by atoms with Gasteiger partial charge in [-0.1, -0.05) is 6.07 Å². The fraction of sp³-hybridized carbons (Fsp3) is 0.417. The molecule has 0 saturated carbocycles. The Balaban J connectivity index is 3.04. The van der Waals surface area contributed by atoms with E-state index in [-0.39, 0.29) is 5.97 Å². The number of carbonyl (C=O) groups is 1. The van der Waals surface area contributed by atoms with Crippen LogP contribution in [0.5, 0.6) is 5.75 Å². The largest absolute Gasteiger partial charge is 0.495 e. The molecule has 0 heterocycles. The lowest BCUT2D eigenvalue weighted by Crippen LogP contribution is -2.24. The van der Waals surface area contributed by atoms with E-state index in [4.69, 9.17) is 9.47 Å². The maximum atomic E-state index is 11.9. The summed E-state index contributed by atoms with van der Waals surface area (Å²) < 4.78 is 11.4. The van der Waals surface area contributed by atoms with Gasteiger partial charge in [0.15, 0.2) is 0 Å². The molecule has 3 nitrogen and oxygen atoms in total. The number of methoxy groups -OCH3 is 1. The molecule has 0 bridgehead atoms. The minimum Gasteiger partial charge on any atom is -0.495 e. The summed E-state index contributed by atoms with van der Waals surface area (Å²) in [5, 5.41) is 0. The van der Waals surface area contributed by atoms with E-state index in [1.54, 1.807) is 13.2 Å². The quantitative estimate of drug-likeness (QED) is 0.615. The SMILES string of the molecule is COc1c(I)cccc1C(=O)OC(C)(C)C. The molecule has 0 N–H and O–H groups in total. The summed E-state index contributed by atoms with van der Waals surface area (Å²) in [6.07, 6.45) is 0. The van der Waals surface area contributed by atoms with Gasteiger partial charge in [0.1, 0.15) is 16.9 Å². The van der Waals surface area contributed by atoms with Crippen LogP contribution in [0.1, 0.15) is 31.1 Å². The first-order valence-electron chi connectivity index (χ1n) is 4.91. The van der Waals surface area contributed by atoms with Gasteiger partial charge in [-0.2, -0.15) is 0 Å². The van der Waals surface area contributed by atoms with Gasteiger partial charge in [-0.25, -0.2) is 4.79 Å². The average molecular weight is 334 g/mol. The lowest BCUT2D eigenvalue weighted by Gasteiger charge is -2.20. The number of hydrogen-bond donors (Lipinski definition) is 0. The molecule has 0 radical (unpaired) electrons. The van der Waals surface area contributed by atoms with E-state index in [0.29, 0.717) is 11.3 Å². The summed E-state index contributed by atoms with van der Waals surface area (Å²) in [6.45, 7) is 5.52. The fourth-order valence-corrected chi connectivity index (χ4v) is 1.93. The molecular formula is C12H15IO3. The molecule has 0 spiro atoms. The second kappa shape index (κ2) is 5.03. The number of halogens is 1. The number of benzene rings is 1. The van der Waals surface area contributed by atoms with Crippen LogP contribution in [0.25, 0.3) is 0 Å². The molecular weight excluding hydrogens is 319 g/mol. The Kier molecular flexibility index (Phi) is 4.18. The lowest BCUT2D eigenvalue weighted by molar-refractivity contribution is 0.00664. The monoisotopic (exact) mass is 334 g/mol. The van der Waals surface area contributed by atoms with Crippen molar-refractivity contribution in [2.75, 3.05) is 7.11 Å². The van der Waals surface area contributed by atoms with Gasteiger partial charge in [-0.05, 0) is 55.5 Å². The third-order valence-corrected chi connectivity index (χ3v) is 2.64. The molecule has 4 heteroatoms. The zero-order valence-corrected chi connectivity index (χ0v) is 12.0. The number of carbonyl (C=O) groups excluding carboxylic acids is 1. The van der Waals surface area contributed by atoms with Gasteiger partial charge in [-0.3, -0.25) is 0 Å². The molecule has 0 saturated heterocycles. The Hall–Kier alpha value is -0.780. The molecule has 0 aliphatic rings. The Labute approximate surface area is 109 Å². The third-order valence-electron chi connectivity index (χ3n) is 1.79. The molecule has 0 amide bonds. The van der Waals surface area contributed by atoms with Crippen molar-refractivity contribution < 1.29 is 14.3 Å². The van der Waals surface area contributed by atoms with Gasteiger partial charge in [0.05, 0.1) is 10.7 Å². The molecule has 0 unspecified atom stereocenters. The van der Waals surface area contributed by atoms with Crippen molar-refractivity contribution in [2.45, 2.75) is 26.4 Å². The average Bonchev–Trinajstić information content (AvgIpc) is 2.14. The second-order valence-electron chi connectivity index (χ2n) is 4.32. The van der Waals surface area contributed by atoms with Crippen LogP contribution in [0.3, 0.4) is 0 Å². The van der Waals surface area contributed by atoms with Crippen LogP contribution < -0.4 is 4.74 Å². The predicted molar refractivity (Wildman–Crippen MR) is 70.9 cm³/mol. The summed E-state index contributed by atoms with van der Waals surface area (Å²) in [4.78, 5) is 11.9. The van der Waals surface area contributed by atoms with Gasteiger partial charge in [-0.15, -0.1) is 0 Å². The lowest BCUT2D eigenvalue weighted by atomic mass is 10.1. The first-order chi connectivity index (χ1) is 7.35. The van der Waals surface area contributed by atoms with Crippen LogP contribution in [0.2, 0.25) is 0 Å². The summed E-state index contributed by atoms with van der Waals surface area (Å²) in [7, 11) is 1.55. The maximum Gasteiger partial charge on any atom is 0.342 e. The molecule has 0 aliphatic heterocycles. The molecule has 1 aromatic rings. The summed E-state index contributed by atoms with van der Waals surface area (Å²) in [5.41, 5.74) is -0.0343. The first kappa shape index (κ1) is 13.3. The normalized spacial score (nSPS) is 11.1. The highest BCUT2D eigenvalue weighted by Gasteiger charge is 2.21. The molecule has 1 aromatic carbocycles. The van der Waals surface area contributed by atoms with Crippen molar-refractivity contribution >= 4 is 28.6 Å². The highest BCUT2D eigenvalue weighted by molar-refractivity contribution is 14.1. The van der Waals surface area contributed by atoms with Gasteiger partial charge in [0, 0.05) is 0 Å². The maximum absolute atomic E-state index is 11.9. The molecule has 0 fully saturated rings. The van der Waals surface area contributed by atoms with E-state index in [0.717, 1.165) is 3.57 Å². The van der Waals surface area contributed by atoms with Crippen molar-refractivity contribution in [1.82, 2.24) is 0 Å². The standard InChI is InChI=1S/C12H15IO3/c1-12(2,3)16-11(14)8-6-5-7-9(13)10(8)15-4/h5-7H,1-4H3. The number of para-hydroxylation sites is 1. The third kappa shape index (κ3) is 3.37. The van der Waals surface area contributed by atoms with Crippen LogP contribution in [-0.4, -0.2) is 18.7 Å². The van der Waals surface area contributed by atoms with Gasteiger partial charge >= 0.3 is 5.97 Å².